The van der Waals surface area contributed by atoms with Crippen LogP contribution in [0.3, 0.4) is 0 Å². The van der Waals surface area contributed by atoms with Gasteiger partial charge in [0.05, 0.1) is 13.7 Å². The van der Waals surface area contributed by atoms with Crippen LogP contribution in [0.2, 0.25) is 0 Å². The van der Waals surface area contributed by atoms with Gasteiger partial charge in [0.2, 0.25) is 5.89 Å². The second-order valence-electron chi connectivity index (χ2n) is 5.56. The van der Waals surface area contributed by atoms with Crippen molar-refractivity contribution in [2.24, 2.45) is 0 Å². The Balaban J connectivity index is 2.16. The van der Waals surface area contributed by atoms with E-state index in [1.807, 2.05) is 12.1 Å². The second kappa shape index (κ2) is 9.36. The zero-order chi connectivity index (χ0) is 18.2. The van der Waals surface area contributed by atoms with Crippen LogP contribution in [0.15, 0.2) is 39.4 Å². The summed E-state index contributed by atoms with van der Waals surface area (Å²) in [5, 5.41) is 0. The predicted molar refractivity (Wildman–Crippen MR) is 96.3 cm³/mol. The summed E-state index contributed by atoms with van der Waals surface area (Å²) >= 11 is 3.38. The second-order valence-corrected chi connectivity index (χ2v) is 6.48. The molecule has 1 aromatic heterocycles. The zero-order valence-electron chi connectivity index (χ0n) is 14.3. The lowest BCUT2D eigenvalue weighted by Crippen LogP contribution is -2.31. The number of hydrogen-bond acceptors (Lipinski definition) is 5. The van der Waals surface area contributed by atoms with Crippen LogP contribution in [0.25, 0.3) is 0 Å². The van der Waals surface area contributed by atoms with E-state index in [1.165, 1.54) is 13.4 Å². The van der Waals surface area contributed by atoms with Crippen molar-refractivity contribution in [3.63, 3.8) is 0 Å². The minimum atomic E-state index is -0.564. The molecular weight excluding hydrogens is 388 g/mol. The molecule has 1 amide bonds. The molecule has 0 spiro atoms. The van der Waals surface area contributed by atoms with Gasteiger partial charge in [-0.05, 0) is 24.6 Å². The van der Waals surface area contributed by atoms with Crippen molar-refractivity contribution in [1.29, 1.82) is 0 Å². The number of oxazole rings is 1. The number of carbonyl (C=O) groups is 2. The molecule has 0 bridgehead atoms. The molecule has 0 saturated heterocycles. The third kappa shape index (κ3) is 5.42. The van der Waals surface area contributed by atoms with E-state index >= 15 is 0 Å². The number of amides is 1. The average Bonchev–Trinajstić information content (AvgIpc) is 3.08. The van der Waals surface area contributed by atoms with Gasteiger partial charge in [-0.3, -0.25) is 4.79 Å². The maximum Gasteiger partial charge on any atom is 0.360 e. The van der Waals surface area contributed by atoms with E-state index in [0.29, 0.717) is 18.0 Å². The highest BCUT2D eigenvalue weighted by Gasteiger charge is 2.20. The fourth-order valence-corrected chi connectivity index (χ4v) is 2.75. The number of aromatic nitrogens is 1. The summed E-state index contributed by atoms with van der Waals surface area (Å²) < 4.78 is 10.8. The average molecular weight is 409 g/mol. The number of methoxy groups -OCH3 is 1. The normalized spacial score (nSPS) is 10.5. The highest BCUT2D eigenvalue weighted by molar-refractivity contribution is 9.10. The molecule has 0 atom stereocenters. The first-order valence-corrected chi connectivity index (χ1v) is 8.92. The summed E-state index contributed by atoms with van der Waals surface area (Å²) in [6.07, 6.45) is 4.22. The van der Waals surface area contributed by atoms with E-state index in [9.17, 15) is 9.59 Å². The van der Waals surface area contributed by atoms with Crippen molar-refractivity contribution < 1.29 is 18.7 Å². The van der Waals surface area contributed by atoms with E-state index in [1.54, 1.807) is 17.0 Å². The van der Waals surface area contributed by atoms with Gasteiger partial charge in [-0.2, -0.15) is 0 Å². The van der Waals surface area contributed by atoms with Gasteiger partial charge in [-0.1, -0.05) is 41.8 Å². The smallest absolute Gasteiger partial charge is 0.360 e. The summed E-state index contributed by atoms with van der Waals surface area (Å²) in [5.41, 5.74) is 0.687. The molecule has 1 heterocycles. The number of halogens is 1. The lowest BCUT2D eigenvalue weighted by molar-refractivity contribution is 0.0594. The van der Waals surface area contributed by atoms with Gasteiger partial charge in [0.15, 0.2) is 5.69 Å². The van der Waals surface area contributed by atoms with Gasteiger partial charge in [-0.25, -0.2) is 9.78 Å². The van der Waals surface area contributed by atoms with E-state index in [4.69, 9.17) is 4.42 Å². The van der Waals surface area contributed by atoms with Crippen molar-refractivity contribution in [2.75, 3.05) is 13.7 Å². The number of ether oxygens (including phenoxy) is 1. The fourth-order valence-electron chi connectivity index (χ4n) is 2.35. The third-order valence-electron chi connectivity index (χ3n) is 3.66. The van der Waals surface area contributed by atoms with Crippen LogP contribution in [-0.2, 0) is 11.3 Å². The molecule has 1 aromatic carbocycles. The van der Waals surface area contributed by atoms with Gasteiger partial charge in [0.1, 0.15) is 6.26 Å². The summed E-state index contributed by atoms with van der Waals surface area (Å²) in [7, 11) is 1.28. The lowest BCUT2D eigenvalue weighted by atomic mass is 10.2. The van der Waals surface area contributed by atoms with Crippen molar-refractivity contribution in [3.05, 3.63) is 52.1 Å². The minimum absolute atomic E-state index is 0.0981. The number of carbonyl (C=O) groups excluding carboxylic acids is 2. The number of benzene rings is 1. The lowest BCUT2D eigenvalue weighted by Gasteiger charge is -2.21. The SMILES string of the molecule is CCCCCN(Cc1nc(C(=O)OC)co1)C(=O)c1cccc(Br)c1. The van der Waals surface area contributed by atoms with Gasteiger partial charge < -0.3 is 14.1 Å². The Hall–Kier alpha value is -2.15. The topological polar surface area (TPSA) is 72.6 Å². The number of rotatable bonds is 8. The molecule has 0 fully saturated rings. The first kappa shape index (κ1) is 19.2. The first-order valence-electron chi connectivity index (χ1n) is 8.12. The number of nitrogens with zero attached hydrogens (tertiary/aromatic N) is 2. The van der Waals surface area contributed by atoms with Crippen LogP contribution in [0, 0.1) is 0 Å². The highest BCUT2D eigenvalue weighted by Crippen LogP contribution is 2.16. The number of esters is 1. The van der Waals surface area contributed by atoms with Crippen LogP contribution in [0.5, 0.6) is 0 Å². The molecule has 6 nitrogen and oxygen atoms in total. The molecule has 2 rings (SSSR count). The van der Waals surface area contributed by atoms with Gasteiger partial charge in [-0.15, -0.1) is 0 Å². The maximum atomic E-state index is 12.8. The molecular formula is C18H21BrN2O4. The molecule has 134 valence electrons. The maximum absolute atomic E-state index is 12.8. The van der Waals surface area contributed by atoms with E-state index in [0.717, 1.165) is 23.7 Å². The summed E-state index contributed by atoms with van der Waals surface area (Å²) in [6.45, 7) is 2.90. The zero-order valence-corrected chi connectivity index (χ0v) is 15.9. The van der Waals surface area contributed by atoms with Crippen molar-refractivity contribution >= 4 is 27.8 Å². The van der Waals surface area contributed by atoms with Crippen LogP contribution in [0.1, 0.15) is 52.9 Å². The molecule has 25 heavy (non-hydrogen) atoms. The van der Waals surface area contributed by atoms with E-state index in [2.05, 4.69) is 32.6 Å². The molecule has 2 aromatic rings. The Morgan fingerprint density at radius 1 is 1.32 bits per heavy atom. The van der Waals surface area contributed by atoms with Gasteiger partial charge in [0.25, 0.3) is 5.91 Å². The standard InChI is InChI=1S/C18H21BrN2O4/c1-3-4-5-9-21(17(22)13-7-6-8-14(19)10-13)11-16-20-15(12-25-16)18(23)24-2/h6-8,10,12H,3-5,9,11H2,1-2H3. The van der Waals surface area contributed by atoms with Gasteiger partial charge in [0, 0.05) is 16.6 Å². The molecule has 0 aliphatic carbocycles. The Bertz CT molecular complexity index is 729. The minimum Gasteiger partial charge on any atom is -0.464 e. The highest BCUT2D eigenvalue weighted by atomic mass is 79.9. The molecule has 7 heteroatoms. The first-order chi connectivity index (χ1) is 12.0. The Labute approximate surface area is 155 Å². The summed E-state index contributed by atoms with van der Waals surface area (Å²) in [6, 6.07) is 7.25. The van der Waals surface area contributed by atoms with Gasteiger partial charge >= 0.3 is 5.97 Å². The fraction of sp³-hybridized carbons (Fsp3) is 0.389. The van der Waals surface area contributed by atoms with Crippen LogP contribution >= 0.6 is 15.9 Å². The number of hydrogen-bond donors (Lipinski definition) is 0. The molecule has 0 aliphatic heterocycles. The largest absolute Gasteiger partial charge is 0.464 e. The third-order valence-corrected chi connectivity index (χ3v) is 4.16. The van der Waals surface area contributed by atoms with E-state index < -0.39 is 5.97 Å². The molecule has 0 saturated carbocycles. The number of unbranched alkanes of at least 4 members (excludes halogenated alkanes) is 2. The molecule has 0 N–H and O–H groups in total. The van der Waals surface area contributed by atoms with Crippen LogP contribution in [0.4, 0.5) is 0 Å². The Kier molecular flexibility index (Phi) is 7.18. The quantitative estimate of drug-likeness (QED) is 0.486. The van der Waals surface area contributed by atoms with Crippen molar-refractivity contribution in [2.45, 2.75) is 32.7 Å². The van der Waals surface area contributed by atoms with Crippen molar-refractivity contribution in [1.82, 2.24) is 9.88 Å². The Morgan fingerprint density at radius 2 is 2.12 bits per heavy atom. The Morgan fingerprint density at radius 3 is 2.80 bits per heavy atom. The molecule has 0 unspecified atom stereocenters. The molecule has 0 radical (unpaired) electrons. The molecule has 0 aliphatic rings. The van der Waals surface area contributed by atoms with Crippen LogP contribution in [-0.4, -0.2) is 35.4 Å². The van der Waals surface area contributed by atoms with Crippen molar-refractivity contribution in [3.8, 4) is 0 Å². The monoisotopic (exact) mass is 408 g/mol. The van der Waals surface area contributed by atoms with Crippen LogP contribution < -0.4 is 0 Å². The summed E-state index contributed by atoms with van der Waals surface area (Å²) in [4.78, 5) is 30.1. The summed E-state index contributed by atoms with van der Waals surface area (Å²) in [5.74, 6) is -0.360. The van der Waals surface area contributed by atoms with E-state index in [-0.39, 0.29) is 18.1 Å². The predicted octanol–water partition coefficient (Wildman–Crippen LogP) is 4.06.